The third-order valence-electron chi connectivity index (χ3n) is 3.94. The number of benzene rings is 1. The molecular weight excluding hydrogens is 414 g/mol. The zero-order valence-corrected chi connectivity index (χ0v) is 16.9. The maximum Gasteiger partial charge on any atom is 0.237 e. The SMILES string of the molecule is Cc1cc(NC(=O)CSc2nnc(-c3ccc(Cl)cc3)n2Cc2ccco2)on1. The van der Waals surface area contributed by atoms with Crippen LogP contribution < -0.4 is 5.32 Å². The summed E-state index contributed by atoms with van der Waals surface area (Å²) in [6.07, 6.45) is 1.61. The summed E-state index contributed by atoms with van der Waals surface area (Å²) >= 11 is 7.26. The largest absolute Gasteiger partial charge is 0.467 e. The Hall–Kier alpha value is -3.04. The van der Waals surface area contributed by atoms with Crippen molar-refractivity contribution in [3.63, 3.8) is 0 Å². The predicted octanol–water partition coefficient (Wildman–Crippen LogP) is 4.27. The summed E-state index contributed by atoms with van der Waals surface area (Å²) in [7, 11) is 0. The van der Waals surface area contributed by atoms with Crippen LogP contribution in [0, 0.1) is 6.92 Å². The minimum absolute atomic E-state index is 0.136. The predicted molar refractivity (Wildman–Crippen MR) is 109 cm³/mol. The Labute approximate surface area is 175 Å². The standard InChI is InChI=1S/C19H16ClN5O3S/c1-12-9-17(28-24-12)21-16(26)11-29-19-23-22-18(13-4-6-14(20)7-5-13)25(19)10-15-3-2-8-27-15/h2-9H,10-11H2,1H3,(H,21,26). The number of nitrogens with one attached hydrogen (secondary N) is 1. The number of carbonyl (C=O) groups excluding carboxylic acids is 1. The molecule has 4 aromatic rings. The average molecular weight is 430 g/mol. The Morgan fingerprint density at radius 3 is 2.76 bits per heavy atom. The summed E-state index contributed by atoms with van der Waals surface area (Å²) in [6, 6.07) is 12.7. The Morgan fingerprint density at radius 2 is 2.07 bits per heavy atom. The molecule has 1 aromatic carbocycles. The minimum atomic E-state index is -0.230. The van der Waals surface area contributed by atoms with Gasteiger partial charge in [0.05, 0.1) is 24.3 Å². The van der Waals surface area contributed by atoms with Crippen LogP contribution in [-0.2, 0) is 11.3 Å². The molecule has 10 heteroatoms. The van der Waals surface area contributed by atoms with Crippen LogP contribution in [0.15, 0.2) is 62.8 Å². The van der Waals surface area contributed by atoms with Crippen LogP contribution in [-0.4, -0.2) is 31.6 Å². The molecule has 0 unspecified atom stereocenters. The van der Waals surface area contributed by atoms with E-state index < -0.39 is 0 Å². The molecule has 3 aromatic heterocycles. The third-order valence-corrected chi connectivity index (χ3v) is 5.15. The van der Waals surface area contributed by atoms with E-state index in [2.05, 4.69) is 20.7 Å². The molecule has 0 aliphatic carbocycles. The number of rotatable bonds is 7. The van der Waals surface area contributed by atoms with E-state index in [4.69, 9.17) is 20.5 Å². The Bertz CT molecular complexity index is 1110. The normalized spacial score (nSPS) is 11.0. The molecule has 29 heavy (non-hydrogen) atoms. The number of aryl methyl sites for hydroxylation is 1. The summed E-state index contributed by atoms with van der Waals surface area (Å²) in [5.74, 6) is 1.63. The maximum absolute atomic E-state index is 12.2. The molecule has 0 atom stereocenters. The van der Waals surface area contributed by atoms with Gasteiger partial charge in [-0.05, 0) is 43.3 Å². The number of amides is 1. The lowest BCUT2D eigenvalue weighted by Crippen LogP contribution is -2.14. The number of hydrogen-bond acceptors (Lipinski definition) is 7. The van der Waals surface area contributed by atoms with Crippen molar-refractivity contribution >= 4 is 35.2 Å². The lowest BCUT2D eigenvalue weighted by atomic mass is 10.2. The van der Waals surface area contributed by atoms with Crippen molar-refractivity contribution in [1.82, 2.24) is 19.9 Å². The zero-order chi connectivity index (χ0) is 20.2. The zero-order valence-electron chi connectivity index (χ0n) is 15.3. The second-order valence-corrected chi connectivity index (χ2v) is 7.53. The highest BCUT2D eigenvalue weighted by molar-refractivity contribution is 7.99. The van der Waals surface area contributed by atoms with E-state index in [9.17, 15) is 4.79 Å². The first-order valence-corrected chi connectivity index (χ1v) is 10.0. The van der Waals surface area contributed by atoms with Gasteiger partial charge in [-0.1, -0.05) is 28.5 Å². The van der Waals surface area contributed by atoms with Crippen molar-refractivity contribution in [2.45, 2.75) is 18.6 Å². The highest BCUT2D eigenvalue weighted by atomic mass is 35.5. The highest BCUT2D eigenvalue weighted by Gasteiger charge is 2.17. The van der Waals surface area contributed by atoms with E-state index >= 15 is 0 Å². The first-order valence-electron chi connectivity index (χ1n) is 8.66. The smallest absolute Gasteiger partial charge is 0.237 e. The van der Waals surface area contributed by atoms with Crippen LogP contribution in [0.2, 0.25) is 5.02 Å². The average Bonchev–Trinajstić information content (AvgIpc) is 3.44. The second kappa shape index (κ2) is 8.54. The molecule has 0 radical (unpaired) electrons. The van der Waals surface area contributed by atoms with Gasteiger partial charge in [-0.15, -0.1) is 10.2 Å². The van der Waals surface area contributed by atoms with E-state index in [-0.39, 0.29) is 11.7 Å². The van der Waals surface area contributed by atoms with Gasteiger partial charge >= 0.3 is 0 Å². The Morgan fingerprint density at radius 1 is 1.24 bits per heavy atom. The van der Waals surface area contributed by atoms with Crippen molar-refractivity contribution in [2.24, 2.45) is 0 Å². The highest BCUT2D eigenvalue weighted by Crippen LogP contribution is 2.26. The van der Waals surface area contributed by atoms with Gasteiger partial charge < -0.3 is 8.94 Å². The summed E-state index contributed by atoms with van der Waals surface area (Å²) in [5, 5.41) is 16.2. The summed E-state index contributed by atoms with van der Waals surface area (Å²) in [6.45, 7) is 2.21. The van der Waals surface area contributed by atoms with Crippen LogP contribution in [0.4, 0.5) is 5.88 Å². The van der Waals surface area contributed by atoms with Crippen LogP contribution in [0.5, 0.6) is 0 Å². The van der Waals surface area contributed by atoms with E-state index in [1.54, 1.807) is 31.4 Å². The number of aromatic nitrogens is 4. The first-order chi connectivity index (χ1) is 14.1. The fourth-order valence-corrected chi connectivity index (χ4v) is 3.50. The van der Waals surface area contributed by atoms with Gasteiger partial charge in [0.1, 0.15) is 5.76 Å². The van der Waals surface area contributed by atoms with E-state index in [0.29, 0.717) is 34.1 Å². The third kappa shape index (κ3) is 4.69. The van der Waals surface area contributed by atoms with Crippen LogP contribution in [0.1, 0.15) is 11.5 Å². The molecule has 0 saturated heterocycles. The van der Waals surface area contributed by atoms with E-state index in [1.807, 2.05) is 28.8 Å². The lowest BCUT2D eigenvalue weighted by Gasteiger charge is -2.09. The Balaban J connectivity index is 1.54. The van der Waals surface area contributed by atoms with Crippen molar-refractivity contribution in [1.29, 1.82) is 0 Å². The van der Waals surface area contributed by atoms with Crippen molar-refractivity contribution < 1.29 is 13.7 Å². The molecule has 3 heterocycles. The lowest BCUT2D eigenvalue weighted by molar-refractivity contribution is -0.113. The molecule has 0 aliphatic rings. The Kier molecular flexibility index (Phi) is 5.68. The fourth-order valence-electron chi connectivity index (χ4n) is 2.64. The minimum Gasteiger partial charge on any atom is -0.467 e. The molecular formula is C19H16ClN5O3S. The quantitative estimate of drug-likeness (QED) is 0.438. The van der Waals surface area contributed by atoms with E-state index in [0.717, 1.165) is 11.3 Å². The van der Waals surface area contributed by atoms with Crippen LogP contribution in [0.3, 0.4) is 0 Å². The van der Waals surface area contributed by atoms with Gasteiger partial charge in [0.25, 0.3) is 0 Å². The molecule has 4 rings (SSSR count). The molecule has 0 bridgehead atoms. The number of hydrogen-bond donors (Lipinski definition) is 1. The van der Waals surface area contributed by atoms with Gasteiger partial charge in [-0.3, -0.25) is 14.7 Å². The van der Waals surface area contributed by atoms with Gasteiger partial charge in [0, 0.05) is 16.7 Å². The fraction of sp³-hybridized carbons (Fsp3) is 0.158. The number of furan rings is 1. The van der Waals surface area contributed by atoms with E-state index in [1.165, 1.54) is 11.8 Å². The number of carbonyl (C=O) groups is 1. The first kappa shape index (κ1) is 19.3. The van der Waals surface area contributed by atoms with Crippen molar-refractivity contribution in [2.75, 3.05) is 11.1 Å². The van der Waals surface area contributed by atoms with Gasteiger partial charge in [0.2, 0.25) is 11.8 Å². The monoisotopic (exact) mass is 429 g/mol. The number of anilines is 1. The summed E-state index contributed by atoms with van der Waals surface area (Å²) < 4.78 is 12.4. The molecule has 148 valence electrons. The number of thioether (sulfide) groups is 1. The van der Waals surface area contributed by atoms with Gasteiger partial charge in [-0.25, -0.2) is 0 Å². The van der Waals surface area contributed by atoms with Crippen LogP contribution in [0.25, 0.3) is 11.4 Å². The van der Waals surface area contributed by atoms with Crippen molar-refractivity contribution in [3.05, 3.63) is 65.2 Å². The topological polar surface area (TPSA) is 99.0 Å². The van der Waals surface area contributed by atoms with Crippen LogP contribution >= 0.6 is 23.4 Å². The number of halogens is 1. The molecule has 1 amide bonds. The second-order valence-electron chi connectivity index (χ2n) is 6.15. The molecule has 8 nitrogen and oxygen atoms in total. The van der Waals surface area contributed by atoms with Gasteiger partial charge in [-0.2, -0.15) is 0 Å². The maximum atomic E-state index is 12.2. The molecule has 0 saturated carbocycles. The summed E-state index contributed by atoms with van der Waals surface area (Å²) in [4.78, 5) is 12.2. The van der Waals surface area contributed by atoms with Gasteiger partial charge in [0.15, 0.2) is 11.0 Å². The molecule has 0 spiro atoms. The number of nitrogens with zero attached hydrogens (tertiary/aromatic N) is 4. The molecule has 1 N–H and O–H groups in total. The molecule has 0 fully saturated rings. The summed E-state index contributed by atoms with van der Waals surface area (Å²) in [5.41, 5.74) is 1.56. The van der Waals surface area contributed by atoms with Crippen molar-refractivity contribution in [3.8, 4) is 11.4 Å². The molecule has 0 aliphatic heterocycles.